The topological polar surface area (TPSA) is 76.0 Å². The minimum Gasteiger partial charge on any atom is -0.267 e. The summed E-state index contributed by atoms with van der Waals surface area (Å²) in [6, 6.07) is 8.44. The van der Waals surface area contributed by atoms with E-state index in [0.717, 1.165) is 12.1 Å². The number of carbonyl (C=O) groups excluding carboxylic acids is 2. The molecule has 32 heavy (non-hydrogen) atoms. The Hall–Kier alpha value is -3.54. The summed E-state index contributed by atoms with van der Waals surface area (Å²) in [4.78, 5) is 24.3. The van der Waals surface area contributed by atoms with Gasteiger partial charge in [-0.15, -0.1) is 0 Å². The molecule has 2 N–H and O–H groups in total. The standard InChI is InChI=1S/C19H11ClF6N4O2/c20-12-6-4-10(5-7-12)16(31)28-29-17(32)14-9-27-30(15(14)19(24,25)26)13-3-1-2-11(8-13)18(21,22)23/h1-9H,(H,28,31)(H,29,32). The number of hydrazine groups is 1. The van der Waals surface area contributed by atoms with E-state index in [9.17, 15) is 35.9 Å². The van der Waals surface area contributed by atoms with Crippen molar-refractivity contribution in [3.63, 3.8) is 0 Å². The van der Waals surface area contributed by atoms with Gasteiger partial charge in [0.05, 0.1) is 23.0 Å². The van der Waals surface area contributed by atoms with Gasteiger partial charge in [0.15, 0.2) is 5.69 Å². The van der Waals surface area contributed by atoms with E-state index < -0.39 is 46.7 Å². The summed E-state index contributed by atoms with van der Waals surface area (Å²) in [6.45, 7) is 0. The molecule has 0 aliphatic heterocycles. The highest BCUT2D eigenvalue weighted by molar-refractivity contribution is 6.30. The van der Waals surface area contributed by atoms with Crippen LogP contribution >= 0.6 is 11.6 Å². The Morgan fingerprint density at radius 2 is 1.50 bits per heavy atom. The van der Waals surface area contributed by atoms with Crippen molar-refractivity contribution in [1.29, 1.82) is 0 Å². The summed E-state index contributed by atoms with van der Waals surface area (Å²) >= 11 is 5.69. The van der Waals surface area contributed by atoms with Crippen LogP contribution in [0.5, 0.6) is 0 Å². The van der Waals surface area contributed by atoms with E-state index in [1.54, 1.807) is 0 Å². The van der Waals surface area contributed by atoms with E-state index in [-0.39, 0.29) is 10.2 Å². The third-order valence-corrected chi connectivity index (χ3v) is 4.35. The van der Waals surface area contributed by atoms with Crippen LogP contribution < -0.4 is 10.9 Å². The Morgan fingerprint density at radius 3 is 2.09 bits per heavy atom. The number of alkyl halides is 6. The summed E-state index contributed by atoms with van der Waals surface area (Å²) in [6.07, 6.45) is -9.42. The van der Waals surface area contributed by atoms with Crippen molar-refractivity contribution in [3.8, 4) is 5.69 Å². The molecule has 0 atom stereocenters. The van der Waals surface area contributed by atoms with Gasteiger partial charge >= 0.3 is 12.4 Å². The third kappa shape index (κ3) is 5.02. The maximum atomic E-state index is 13.7. The molecule has 0 saturated heterocycles. The lowest BCUT2D eigenvalue weighted by atomic mass is 10.1. The number of benzene rings is 2. The molecule has 3 aromatic rings. The van der Waals surface area contributed by atoms with E-state index in [2.05, 4.69) is 5.10 Å². The lowest BCUT2D eigenvalue weighted by molar-refractivity contribution is -0.143. The molecule has 0 radical (unpaired) electrons. The normalized spacial score (nSPS) is 11.8. The van der Waals surface area contributed by atoms with E-state index >= 15 is 0 Å². The van der Waals surface area contributed by atoms with Gasteiger partial charge in [0.25, 0.3) is 11.8 Å². The Morgan fingerprint density at radius 1 is 0.875 bits per heavy atom. The average Bonchev–Trinajstić information content (AvgIpc) is 3.18. The van der Waals surface area contributed by atoms with Crippen LogP contribution in [0, 0.1) is 0 Å². The number of amides is 2. The van der Waals surface area contributed by atoms with Gasteiger partial charge in [0, 0.05) is 10.6 Å². The van der Waals surface area contributed by atoms with Crippen molar-refractivity contribution in [2.75, 3.05) is 0 Å². The molecule has 13 heteroatoms. The summed E-state index contributed by atoms with van der Waals surface area (Å²) in [5, 5.41) is 3.77. The smallest absolute Gasteiger partial charge is 0.267 e. The van der Waals surface area contributed by atoms with Gasteiger partial charge in [-0.3, -0.25) is 20.4 Å². The molecule has 0 bridgehead atoms. The molecule has 3 rings (SSSR count). The second kappa shape index (κ2) is 8.54. The lowest BCUT2D eigenvalue weighted by Gasteiger charge is -2.14. The van der Waals surface area contributed by atoms with E-state index in [1.807, 2.05) is 10.9 Å². The van der Waals surface area contributed by atoms with Gasteiger partial charge in [-0.05, 0) is 42.5 Å². The SMILES string of the molecule is O=C(NNC(=O)c1cnn(-c2cccc(C(F)(F)F)c2)c1C(F)(F)F)c1ccc(Cl)cc1. The zero-order chi connectivity index (χ0) is 23.7. The molecule has 0 spiro atoms. The van der Waals surface area contributed by atoms with Crippen molar-refractivity contribution in [2.24, 2.45) is 0 Å². The van der Waals surface area contributed by atoms with Crippen molar-refractivity contribution >= 4 is 23.4 Å². The molecule has 0 saturated carbocycles. The highest BCUT2D eigenvalue weighted by Crippen LogP contribution is 2.35. The van der Waals surface area contributed by atoms with Crippen molar-refractivity contribution < 1.29 is 35.9 Å². The molecule has 0 aliphatic rings. The summed E-state index contributed by atoms with van der Waals surface area (Å²) < 4.78 is 79.9. The highest BCUT2D eigenvalue weighted by Gasteiger charge is 2.41. The highest BCUT2D eigenvalue weighted by atomic mass is 35.5. The van der Waals surface area contributed by atoms with Gasteiger partial charge in [0.2, 0.25) is 0 Å². The molecule has 1 heterocycles. The minimum absolute atomic E-state index is 0.0606. The number of rotatable bonds is 3. The predicted molar refractivity (Wildman–Crippen MR) is 100.0 cm³/mol. The fraction of sp³-hybridized carbons (Fsp3) is 0.105. The first kappa shape index (κ1) is 23.1. The molecule has 0 unspecified atom stereocenters. The maximum absolute atomic E-state index is 13.7. The Kier molecular flexibility index (Phi) is 6.17. The molecular weight excluding hydrogens is 466 g/mol. The fourth-order valence-corrected chi connectivity index (χ4v) is 2.78. The lowest BCUT2D eigenvalue weighted by Crippen LogP contribution is -2.42. The van der Waals surface area contributed by atoms with Crippen LogP contribution in [-0.2, 0) is 12.4 Å². The van der Waals surface area contributed by atoms with Crippen LogP contribution in [0.15, 0.2) is 54.7 Å². The van der Waals surface area contributed by atoms with Gasteiger partial charge < -0.3 is 0 Å². The molecule has 168 valence electrons. The first-order valence-electron chi connectivity index (χ1n) is 8.57. The van der Waals surface area contributed by atoms with E-state index in [4.69, 9.17) is 11.6 Å². The average molecular weight is 477 g/mol. The number of hydrogen-bond donors (Lipinski definition) is 2. The van der Waals surface area contributed by atoms with E-state index in [0.29, 0.717) is 23.4 Å². The van der Waals surface area contributed by atoms with Crippen LogP contribution in [-0.4, -0.2) is 21.6 Å². The number of nitrogens with zero attached hydrogens (tertiary/aromatic N) is 2. The summed E-state index contributed by atoms with van der Waals surface area (Å²) in [5.74, 6) is -2.22. The Bertz CT molecular complexity index is 1160. The number of hydrogen-bond acceptors (Lipinski definition) is 3. The monoisotopic (exact) mass is 476 g/mol. The molecule has 0 aliphatic carbocycles. The Balaban J connectivity index is 1.89. The number of nitrogens with one attached hydrogen (secondary N) is 2. The van der Waals surface area contributed by atoms with Crippen molar-refractivity contribution in [3.05, 3.63) is 82.1 Å². The number of halogens is 7. The van der Waals surface area contributed by atoms with Gasteiger partial charge in [-0.1, -0.05) is 17.7 Å². The van der Waals surface area contributed by atoms with Crippen LogP contribution in [0.1, 0.15) is 32.0 Å². The second-order valence-electron chi connectivity index (χ2n) is 6.28. The van der Waals surface area contributed by atoms with E-state index in [1.165, 1.54) is 24.3 Å². The quantitative estimate of drug-likeness (QED) is 0.427. The molecule has 2 aromatic carbocycles. The van der Waals surface area contributed by atoms with Gasteiger partial charge in [-0.2, -0.15) is 31.4 Å². The number of aromatic nitrogens is 2. The van der Waals surface area contributed by atoms with Gasteiger partial charge in [-0.25, -0.2) is 4.68 Å². The molecule has 0 fully saturated rings. The minimum atomic E-state index is -5.16. The zero-order valence-electron chi connectivity index (χ0n) is 15.6. The maximum Gasteiger partial charge on any atom is 0.434 e. The second-order valence-corrected chi connectivity index (χ2v) is 6.72. The number of carbonyl (C=O) groups is 2. The van der Waals surface area contributed by atoms with Crippen LogP contribution in [0.4, 0.5) is 26.3 Å². The van der Waals surface area contributed by atoms with Gasteiger partial charge in [0.1, 0.15) is 0 Å². The summed E-state index contributed by atoms with van der Waals surface area (Å²) in [7, 11) is 0. The van der Waals surface area contributed by atoms with Crippen molar-refractivity contribution in [2.45, 2.75) is 12.4 Å². The van der Waals surface area contributed by atoms with Crippen LogP contribution in [0.2, 0.25) is 5.02 Å². The summed E-state index contributed by atoms with van der Waals surface area (Å²) in [5.41, 5.74) is -0.558. The zero-order valence-corrected chi connectivity index (χ0v) is 16.3. The largest absolute Gasteiger partial charge is 0.434 e. The fourth-order valence-electron chi connectivity index (χ4n) is 2.65. The molecule has 2 amide bonds. The van der Waals surface area contributed by atoms with Crippen molar-refractivity contribution in [1.82, 2.24) is 20.6 Å². The Labute approximate surface area is 180 Å². The first-order valence-corrected chi connectivity index (χ1v) is 8.95. The molecule has 1 aromatic heterocycles. The van der Waals surface area contributed by atoms with Crippen LogP contribution in [0.3, 0.4) is 0 Å². The molecular formula is C19H11ClF6N4O2. The third-order valence-electron chi connectivity index (χ3n) is 4.10. The first-order chi connectivity index (χ1) is 14.9. The molecule has 6 nitrogen and oxygen atoms in total. The predicted octanol–water partition coefficient (Wildman–Crippen LogP) is 4.64. The van der Waals surface area contributed by atoms with Crippen LogP contribution in [0.25, 0.3) is 5.69 Å².